The van der Waals surface area contributed by atoms with Crippen molar-refractivity contribution in [1.29, 1.82) is 0 Å². The number of ether oxygens (including phenoxy) is 2. The predicted octanol–water partition coefficient (Wildman–Crippen LogP) is 10.8. The molecular formula is C42H40BBrN4O6. The third-order valence-electron chi connectivity index (χ3n) is 9.21. The molecule has 0 atom stereocenters. The second kappa shape index (κ2) is 17.0. The van der Waals surface area contributed by atoms with Crippen LogP contribution in [0.5, 0.6) is 11.5 Å². The first kappa shape index (κ1) is 39.6. The molecule has 1 aliphatic rings. The molecule has 0 bridgehead atoms. The molecule has 10 nitrogen and oxygen atoms in total. The van der Waals surface area contributed by atoms with Gasteiger partial charge in [0.2, 0.25) is 11.4 Å². The SMILES string of the molecule is Cc1onc(-c2ccccc2)c1B1OC(C)(C)C(C)(C)O1.[C-]#[N+]c1ccc(-c2c(-c3ccccc3)noc2C)cc1OC.[C-]#[N+]c1ccc(Br)cc1OC. The van der Waals surface area contributed by atoms with Crippen LogP contribution in [0.2, 0.25) is 0 Å². The highest BCUT2D eigenvalue weighted by Crippen LogP contribution is 2.39. The lowest BCUT2D eigenvalue weighted by molar-refractivity contribution is 0.00578. The fourth-order valence-electron chi connectivity index (χ4n) is 5.60. The van der Waals surface area contributed by atoms with Crippen molar-refractivity contribution in [3.63, 3.8) is 0 Å². The fourth-order valence-corrected chi connectivity index (χ4v) is 5.94. The molecule has 0 saturated carbocycles. The standard InChI is InChI=1S/C18H14N2O2.C16H20BNO3.C8H6BrNO/c1-12-17(14-9-10-15(19-2)16(11-14)21-3)18(20-22-12)13-7-5-4-6-8-13;1-11-13(17-20-15(2,3)16(4,5)21-17)14(18-19-11)12-9-7-6-8-10-12;1-10-7-4-3-6(9)5-8(7)11-2/h4-11H,1,3H3;6-10H,1-5H3;3-5H,2H3. The molecule has 2 aromatic heterocycles. The number of hydrogen-bond donors (Lipinski definition) is 0. The van der Waals surface area contributed by atoms with Gasteiger partial charge in [-0.05, 0) is 59.2 Å². The zero-order chi connectivity index (χ0) is 39.0. The molecular weight excluding hydrogens is 747 g/mol. The van der Waals surface area contributed by atoms with E-state index in [1.165, 1.54) is 0 Å². The average molecular weight is 788 g/mol. The molecule has 0 radical (unpaired) electrons. The van der Waals surface area contributed by atoms with Crippen LogP contribution in [-0.4, -0.2) is 42.9 Å². The van der Waals surface area contributed by atoms with Gasteiger partial charge < -0.3 is 27.8 Å². The number of aryl methyl sites for hydroxylation is 2. The van der Waals surface area contributed by atoms with Crippen LogP contribution < -0.4 is 14.9 Å². The minimum atomic E-state index is -0.462. The van der Waals surface area contributed by atoms with Gasteiger partial charge in [-0.1, -0.05) is 111 Å². The van der Waals surface area contributed by atoms with Gasteiger partial charge >= 0.3 is 7.12 Å². The van der Waals surface area contributed by atoms with E-state index in [9.17, 15) is 0 Å². The molecule has 1 aliphatic heterocycles. The monoisotopic (exact) mass is 786 g/mol. The Morgan fingerprint density at radius 1 is 0.630 bits per heavy atom. The highest BCUT2D eigenvalue weighted by atomic mass is 79.9. The summed E-state index contributed by atoms with van der Waals surface area (Å²) in [4.78, 5) is 6.74. The third-order valence-corrected chi connectivity index (χ3v) is 9.70. The summed E-state index contributed by atoms with van der Waals surface area (Å²) in [6.07, 6.45) is 0. The van der Waals surface area contributed by atoms with Gasteiger partial charge in [-0.2, -0.15) is 0 Å². The van der Waals surface area contributed by atoms with Gasteiger partial charge in [0, 0.05) is 15.6 Å². The predicted molar refractivity (Wildman–Crippen MR) is 214 cm³/mol. The van der Waals surface area contributed by atoms with Crippen molar-refractivity contribution in [1.82, 2.24) is 10.3 Å². The number of benzene rings is 4. The highest BCUT2D eigenvalue weighted by Gasteiger charge is 2.53. The topological polar surface area (TPSA) is 97.7 Å². The third kappa shape index (κ3) is 8.59. The molecule has 0 N–H and O–H groups in total. The van der Waals surface area contributed by atoms with Gasteiger partial charge in [-0.3, -0.25) is 0 Å². The molecule has 0 unspecified atom stereocenters. The van der Waals surface area contributed by atoms with E-state index in [1.807, 2.05) is 120 Å². The van der Waals surface area contributed by atoms with Crippen molar-refractivity contribution < 1.29 is 27.8 Å². The van der Waals surface area contributed by atoms with E-state index in [0.717, 1.165) is 55.1 Å². The molecule has 274 valence electrons. The number of aromatic nitrogens is 2. The Balaban J connectivity index is 0.000000165. The molecule has 0 aliphatic carbocycles. The lowest BCUT2D eigenvalue weighted by Crippen LogP contribution is -2.41. The van der Waals surface area contributed by atoms with Gasteiger partial charge in [-0.25, -0.2) is 9.69 Å². The average Bonchev–Trinajstić information content (AvgIpc) is 3.83. The smallest absolute Gasteiger partial charge is 0.500 e. The summed E-state index contributed by atoms with van der Waals surface area (Å²) in [6.45, 7) is 25.9. The maximum atomic E-state index is 7.17. The van der Waals surface area contributed by atoms with Crippen LogP contribution in [0.25, 0.3) is 43.3 Å². The summed E-state index contributed by atoms with van der Waals surface area (Å²) in [7, 11) is 2.65. The molecule has 7 rings (SSSR count). The lowest BCUT2D eigenvalue weighted by atomic mass is 9.76. The van der Waals surface area contributed by atoms with Crippen molar-refractivity contribution in [2.24, 2.45) is 0 Å². The second-order valence-corrected chi connectivity index (χ2v) is 14.1. The van der Waals surface area contributed by atoms with Crippen LogP contribution >= 0.6 is 15.9 Å². The zero-order valence-corrected chi connectivity index (χ0v) is 33.0. The van der Waals surface area contributed by atoms with Crippen molar-refractivity contribution in [2.75, 3.05) is 14.2 Å². The summed E-state index contributed by atoms with van der Waals surface area (Å²) in [5.74, 6) is 2.62. The molecule has 4 aromatic carbocycles. The van der Waals surface area contributed by atoms with Gasteiger partial charge in [0.05, 0.1) is 49.6 Å². The summed E-state index contributed by atoms with van der Waals surface area (Å²) < 4.78 is 34.2. The first-order valence-corrected chi connectivity index (χ1v) is 17.8. The Morgan fingerprint density at radius 3 is 1.65 bits per heavy atom. The van der Waals surface area contributed by atoms with Crippen LogP contribution in [0.15, 0.2) is 111 Å². The zero-order valence-electron chi connectivity index (χ0n) is 31.4. The molecule has 0 amide bonds. The van der Waals surface area contributed by atoms with Crippen LogP contribution in [0.4, 0.5) is 11.4 Å². The first-order chi connectivity index (χ1) is 25.8. The first-order valence-electron chi connectivity index (χ1n) is 17.0. The van der Waals surface area contributed by atoms with Crippen molar-refractivity contribution in [2.45, 2.75) is 52.7 Å². The minimum Gasteiger partial charge on any atom is -0.508 e. The second-order valence-electron chi connectivity index (χ2n) is 13.2. The Morgan fingerprint density at radius 2 is 1.11 bits per heavy atom. The Hall–Kier alpha value is -5.66. The van der Waals surface area contributed by atoms with Gasteiger partial charge in [0.1, 0.15) is 34.4 Å². The summed E-state index contributed by atoms with van der Waals surface area (Å²) in [5, 5.41) is 8.38. The molecule has 1 saturated heterocycles. The fraction of sp³-hybridized carbons (Fsp3) is 0.238. The Bertz CT molecular complexity index is 2280. The maximum Gasteiger partial charge on any atom is 0.500 e. The summed E-state index contributed by atoms with van der Waals surface area (Å²) in [5.41, 5.74) is 6.54. The van der Waals surface area contributed by atoms with E-state index in [0.29, 0.717) is 22.9 Å². The molecule has 3 heterocycles. The van der Waals surface area contributed by atoms with Crippen molar-refractivity contribution >= 4 is 39.9 Å². The quantitative estimate of drug-likeness (QED) is 0.122. The van der Waals surface area contributed by atoms with Crippen LogP contribution in [0.3, 0.4) is 0 Å². The normalized spacial score (nSPS) is 13.7. The van der Waals surface area contributed by atoms with Gasteiger partial charge in [0.15, 0.2) is 0 Å². The van der Waals surface area contributed by atoms with E-state index >= 15 is 0 Å². The van der Waals surface area contributed by atoms with Gasteiger partial charge in [0.25, 0.3) is 0 Å². The van der Waals surface area contributed by atoms with Crippen LogP contribution in [0.1, 0.15) is 39.2 Å². The van der Waals surface area contributed by atoms with E-state index in [2.05, 4.69) is 35.9 Å². The van der Waals surface area contributed by atoms with E-state index in [-0.39, 0.29) is 11.2 Å². The highest BCUT2D eigenvalue weighted by molar-refractivity contribution is 9.10. The van der Waals surface area contributed by atoms with Crippen molar-refractivity contribution in [3.8, 4) is 45.1 Å². The van der Waals surface area contributed by atoms with Crippen LogP contribution in [-0.2, 0) is 9.31 Å². The Kier molecular flexibility index (Phi) is 12.4. The maximum absolute atomic E-state index is 7.17. The number of nitrogens with zero attached hydrogens (tertiary/aromatic N) is 4. The number of hydrogen-bond acceptors (Lipinski definition) is 8. The van der Waals surface area contributed by atoms with E-state index in [4.69, 9.17) is 41.0 Å². The number of methoxy groups -OCH3 is 2. The number of halogens is 1. The molecule has 1 fully saturated rings. The summed E-state index contributed by atoms with van der Waals surface area (Å²) in [6, 6.07) is 30.6. The molecule has 0 spiro atoms. The largest absolute Gasteiger partial charge is 0.508 e. The Labute approximate surface area is 324 Å². The number of rotatable bonds is 6. The van der Waals surface area contributed by atoms with E-state index < -0.39 is 7.12 Å². The van der Waals surface area contributed by atoms with Crippen LogP contribution in [0, 0.1) is 27.0 Å². The van der Waals surface area contributed by atoms with Crippen molar-refractivity contribution in [3.05, 3.63) is 136 Å². The molecule has 54 heavy (non-hydrogen) atoms. The lowest BCUT2D eigenvalue weighted by Gasteiger charge is -2.32. The van der Waals surface area contributed by atoms with Gasteiger partial charge in [-0.15, -0.1) is 0 Å². The summed E-state index contributed by atoms with van der Waals surface area (Å²) >= 11 is 3.28. The van der Waals surface area contributed by atoms with E-state index in [1.54, 1.807) is 32.4 Å². The minimum absolute atomic E-state index is 0.380. The molecule has 12 heteroatoms. The molecule has 6 aromatic rings.